The standard InChI is InChI=1S/C18H23ClN4O2/c1-22(2)16(15-5-4-10-23(15)3)12-21-18(25)17(24)20-11-13-6-8-14(19)9-7-13/h4-10,16H,11-12H2,1-3H3,(H,20,24)(H,21,25). The Hall–Kier alpha value is -2.31. The zero-order valence-electron chi connectivity index (χ0n) is 14.6. The molecule has 1 atom stereocenters. The predicted octanol–water partition coefficient (Wildman–Crippen LogP) is 1.71. The second-order valence-corrected chi connectivity index (χ2v) is 6.48. The van der Waals surface area contributed by atoms with E-state index in [4.69, 9.17) is 11.6 Å². The average Bonchev–Trinajstić information content (AvgIpc) is 2.99. The number of carbonyl (C=O) groups excluding carboxylic acids is 2. The second kappa shape index (κ2) is 8.69. The minimum absolute atomic E-state index is 0.0204. The van der Waals surface area contributed by atoms with Crippen LogP contribution in [0.1, 0.15) is 17.3 Å². The number of amides is 2. The molecule has 0 saturated heterocycles. The summed E-state index contributed by atoms with van der Waals surface area (Å²) in [5, 5.41) is 5.93. The lowest BCUT2D eigenvalue weighted by atomic mass is 10.2. The number of aromatic nitrogens is 1. The number of nitrogens with one attached hydrogen (secondary N) is 2. The zero-order chi connectivity index (χ0) is 18.4. The highest BCUT2D eigenvalue weighted by molar-refractivity contribution is 6.35. The lowest BCUT2D eigenvalue weighted by Crippen LogP contribution is -2.43. The van der Waals surface area contributed by atoms with E-state index in [0.717, 1.165) is 11.3 Å². The Labute approximate surface area is 152 Å². The number of hydrogen-bond donors (Lipinski definition) is 2. The molecule has 2 amide bonds. The Morgan fingerprint density at radius 2 is 1.76 bits per heavy atom. The summed E-state index contributed by atoms with van der Waals surface area (Å²) in [6, 6.07) is 11.0. The molecule has 2 N–H and O–H groups in total. The van der Waals surface area contributed by atoms with Gasteiger partial charge in [0.15, 0.2) is 0 Å². The van der Waals surface area contributed by atoms with Gasteiger partial charge in [-0.05, 0) is 43.9 Å². The molecule has 0 saturated carbocycles. The maximum absolute atomic E-state index is 12.0. The van der Waals surface area contributed by atoms with E-state index in [1.165, 1.54) is 0 Å². The molecule has 1 heterocycles. The van der Waals surface area contributed by atoms with Crippen LogP contribution < -0.4 is 10.6 Å². The summed E-state index contributed by atoms with van der Waals surface area (Å²) in [5.41, 5.74) is 1.94. The molecule has 134 valence electrons. The van der Waals surface area contributed by atoms with E-state index < -0.39 is 11.8 Å². The summed E-state index contributed by atoms with van der Waals surface area (Å²) >= 11 is 5.82. The van der Waals surface area contributed by atoms with Crippen LogP contribution in [-0.2, 0) is 23.2 Å². The highest BCUT2D eigenvalue weighted by Crippen LogP contribution is 2.17. The van der Waals surface area contributed by atoms with Gasteiger partial charge in [-0.2, -0.15) is 0 Å². The Balaban J connectivity index is 1.86. The lowest BCUT2D eigenvalue weighted by Gasteiger charge is -2.25. The van der Waals surface area contributed by atoms with E-state index >= 15 is 0 Å². The fraction of sp³-hybridized carbons (Fsp3) is 0.333. The molecule has 0 spiro atoms. The fourth-order valence-electron chi connectivity index (χ4n) is 2.51. The minimum Gasteiger partial charge on any atom is -0.353 e. The molecular formula is C18H23ClN4O2. The van der Waals surface area contributed by atoms with E-state index in [2.05, 4.69) is 10.6 Å². The highest BCUT2D eigenvalue weighted by atomic mass is 35.5. The molecule has 1 aromatic carbocycles. The van der Waals surface area contributed by atoms with Crippen LogP contribution in [0.15, 0.2) is 42.6 Å². The molecule has 1 aromatic heterocycles. The Morgan fingerprint density at radius 1 is 1.12 bits per heavy atom. The van der Waals surface area contributed by atoms with Crippen LogP contribution in [0, 0.1) is 0 Å². The summed E-state index contributed by atoms with van der Waals surface area (Å²) < 4.78 is 2.00. The van der Waals surface area contributed by atoms with Crippen molar-refractivity contribution in [2.75, 3.05) is 20.6 Å². The maximum atomic E-state index is 12.0. The topological polar surface area (TPSA) is 66.4 Å². The van der Waals surface area contributed by atoms with Gasteiger partial charge in [0.1, 0.15) is 0 Å². The number of benzene rings is 1. The number of likely N-dealkylation sites (N-methyl/N-ethyl adjacent to an activating group) is 1. The molecule has 7 heteroatoms. The van der Waals surface area contributed by atoms with Crippen molar-refractivity contribution in [3.63, 3.8) is 0 Å². The summed E-state index contributed by atoms with van der Waals surface area (Å²) in [6.45, 7) is 0.621. The average molecular weight is 363 g/mol. The Bertz CT molecular complexity index is 725. The van der Waals surface area contributed by atoms with Crippen LogP contribution in [0.3, 0.4) is 0 Å². The number of rotatable bonds is 6. The van der Waals surface area contributed by atoms with Crippen LogP contribution in [0.25, 0.3) is 0 Å². The van der Waals surface area contributed by atoms with Gasteiger partial charge in [0.2, 0.25) is 0 Å². The first-order valence-corrected chi connectivity index (χ1v) is 8.34. The van der Waals surface area contributed by atoms with Gasteiger partial charge >= 0.3 is 11.8 Å². The molecule has 0 radical (unpaired) electrons. The molecule has 0 fully saturated rings. The monoisotopic (exact) mass is 362 g/mol. The van der Waals surface area contributed by atoms with Gasteiger partial charge in [0.05, 0.1) is 6.04 Å². The Morgan fingerprint density at radius 3 is 2.32 bits per heavy atom. The quantitative estimate of drug-likeness (QED) is 0.769. The second-order valence-electron chi connectivity index (χ2n) is 6.04. The van der Waals surface area contributed by atoms with Crippen molar-refractivity contribution in [2.45, 2.75) is 12.6 Å². The van der Waals surface area contributed by atoms with E-state index in [1.807, 2.05) is 48.9 Å². The van der Waals surface area contributed by atoms with Gasteiger partial charge in [-0.1, -0.05) is 23.7 Å². The third-order valence-corrected chi connectivity index (χ3v) is 4.23. The van der Waals surface area contributed by atoms with E-state index in [0.29, 0.717) is 11.6 Å². The zero-order valence-corrected chi connectivity index (χ0v) is 15.4. The number of halogens is 1. The van der Waals surface area contributed by atoms with Crippen molar-refractivity contribution in [1.82, 2.24) is 20.1 Å². The minimum atomic E-state index is -0.653. The largest absolute Gasteiger partial charge is 0.353 e. The molecule has 25 heavy (non-hydrogen) atoms. The number of carbonyl (C=O) groups is 2. The first-order valence-electron chi connectivity index (χ1n) is 7.96. The fourth-order valence-corrected chi connectivity index (χ4v) is 2.63. The van der Waals surface area contributed by atoms with Gasteiger partial charge < -0.3 is 15.2 Å². The first-order chi connectivity index (χ1) is 11.9. The molecule has 0 aliphatic carbocycles. The molecule has 0 aliphatic heterocycles. The van der Waals surface area contributed by atoms with E-state index in [1.54, 1.807) is 24.3 Å². The summed E-state index contributed by atoms with van der Waals surface area (Å²) in [6.07, 6.45) is 1.95. The highest BCUT2D eigenvalue weighted by Gasteiger charge is 2.20. The summed E-state index contributed by atoms with van der Waals surface area (Å²) in [5.74, 6) is -1.30. The van der Waals surface area contributed by atoms with Gasteiger partial charge in [0, 0.05) is 37.1 Å². The molecule has 1 unspecified atom stereocenters. The van der Waals surface area contributed by atoms with Gasteiger partial charge in [-0.25, -0.2) is 0 Å². The third-order valence-electron chi connectivity index (χ3n) is 3.98. The molecule has 6 nitrogen and oxygen atoms in total. The van der Waals surface area contributed by atoms with E-state index in [-0.39, 0.29) is 12.6 Å². The summed E-state index contributed by atoms with van der Waals surface area (Å²) in [7, 11) is 5.82. The molecule has 0 aliphatic rings. The van der Waals surface area contributed by atoms with Crippen molar-refractivity contribution in [3.05, 3.63) is 58.9 Å². The van der Waals surface area contributed by atoms with Crippen LogP contribution in [0.4, 0.5) is 0 Å². The van der Waals surface area contributed by atoms with Crippen molar-refractivity contribution in [3.8, 4) is 0 Å². The van der Waals surface area contributed by atoms with Crippen LogP contribution >= 0.6 is 11.6 Å². The number of nitrogens with zero attached hydrogens (tertiary/aromatic N) is 2. The van der Waals surface area contributed by atoms with Crippen molar-refractivity contribution >= 4 is 23.4 Å². The number of aryl methyl sites for hydroxylation is 1. The normalized spacial score (nSPS) is 12.0. The van der Waals surface area contributed by atoms with Crippen LogP contribution in [0.2, 0.25) is 5.02 Å². The predicted molar refractivity (Wildman–Crippen MR) is 98.1 cm³/mol. The Kier molecular flexibility index (Phi) is 6.61. The van der Waals surface area contributed by atoms with Crippen LogP contribution in [-0.4, -0.2) is 41.9 Å². The van der Waals surface area contributed by atoms with Gasteiger partial charge in [-0.15, -0.1) is 0 Å². The van der Waals surface area contributed by atoms with Crippen LogP contribution in [0.5, 0.6) is 0 Å². The van der Waals surface area contributed by atoms with Gasteiger partial charge in [-0.3, -0.25) is 14.5 Å². The molecular weight excluding hydrogens is 340 g/mol. The maximum Gasteiger partial charge on any atom is 0.309 e. The van der Waals surface area contributed by atoms with Crippen molar-refractivity contribution in [1.29, 1.82) is 0 Å². The molecule has 2 rings (SSSR count). The lowest BCUT2D eigenvalue weighted by molar-refractivity contribution is -0.139. The molecule has 2 aromatic rings. The number of hydrogen-bond acceptors (Lipinski definition) is 3. The first kappa shape index (κ1) is 19.0. The van der Waals surface area contributed by atoms with Crippen molar-refractivity contribution in [2.24, 2.45) is 7.05 Å². The van der Waals surface area contributed by atoms with Crippen molar-refractivity contribution < 1.29 is 9.59 Å². The smallest absolute Gasteiger partial charge is 0.309 e. The molecule has 0 bridgehead atoms. The van der Waals surface area contributed by atoms with Gasteiger partial charge in [0.25, 0.3) is 0 Å². The summed E-state index contributed by atoms with van der Waals surface area (Å²) in [4.78, 5) is 26.0. The SMILES string of the molecule is CN(C)C(CNC(=O)C(=O)NCc1ccc(Cl)cc1)c1cccn1C. The van der Waals surface area contributed by atoms with E-state index in [9.17, 15) is 9.59 Å². The third kappa shape index (κ3) is 5.34.